The first kappa shape index (κ1) is 19.2. The van der Waals surface area contributed by atoms with E-state index in [2.05, 4.69) is 10.3 Å². The topological polar surface area (TPSA) is 62.2 Å². The highest BCUT2D eigenvalue weighted by Crippen LogP contribution is 2.33. The van der Waals surface area contributed by atoms with Crippen LogP contribution in [-0.4, -0.2) is 16.0 Å². The lowest BCUT2D eigenvalue weighted by Crippen LogP contribution is -2.24. The molecule has 1 aliphatic rings. The molecule has 0 spiro atoms. The fourth-order valence-electron chi connectivity index (χ4n) is 4.02. The zero-order chi connectivity index (χ0) is 20.1. The van der Waals surface area contributed by atoms with E-state index in [0.717, 1.165) is 48.1 Å². The molecule has 4 heteroatoms. The number of hydrogen-bond acceptors (Lipinski definition) is 3. The third-order valence-corrected chi connectivity index (χ3v) is 5.63. The van der Waals surface area contributed by atoms with Crippen molar-refractivity contribution in [2.24, 2.45) is 5.92 Å². The quantitative estimate of drug-likeness (QED) is 0.603. The summed E-state index contributed by atoms with van der Waals surface area (Å²) >= 11 is 0. The molecule has 1 amide bonds. The highest BCUT2D eigenvalue weighted by Gasteiger charge is 2.21. The van der Waals surface area contributed by atoms with Crippen LogP contribution in [0.5, 0.6) is 5.75 Å². The van der Waals surface area contributed by atoms with Crippen molar-refractivity contribution in [1.82, 2.24) is 4.98 Å². The maximum absolute atomic E-state index is 12.6. The first-order valence-electron chi connectivity index (χ1n) is 10.3. The minimum atomic E-state index is 0.102. The molecule has 1 saturated carbocycles. The number of nitrogens with zero attached hydrogens (tertiary/aromatic N) is 1. The van der Waals surface area contributed by atoms with E-state index in [0.29, 0.717) is 12.1 Å². The SMILES string of the molecule is O=C(Nc1cccc(-c2ccnc(Cc3ccccc3)c2O)c1)C1CCCCC1. The number of pyridine rings is 1. The summed E-state index contributed by atoms with van der Waals surface area (Å²) in [5, 5.41) is 13.9. The fourth-order valence-corrected chi connectivity index (χ4v) is 4.02. The van der Waals surface area contributed by atoms with E-state index < -0.39 is 0 Å². The second-order valence-corrected chi connectivity index (χ2v) is 7.72. The van der Waals surface area contributed by atoms with Gasteiger partial charge in [0, 0.05) is 29.8 Å². The van der Waals surface area contributed by atoms with E-state index in [1.807, 2.05) is 60.7 Å². The van der Waals surface area contributed by atoms with Crippen molar-refractivity contribution in [1.29, 1.82) is 0 Å². The smallest absolute Gasteiger partial charge is 0.227 e. The van der Waals surface area contributed by atoms with Gasteiger partial charge in [-0.3, -0.25) is 9.78 Å². The van der Waals surface area contributed by atoms with Crippen molar-refractivity contribution < 1.29 is 9.90 Å². The molecule has 2 N–H and O–H groups in total. The van der Waals surface area contributed by atoms with E-state index in [4.69, 9.17) is 0 Å². The molecule has 1 heterocycles. The van der Waals surface area contributed by atoms with Gasteiger partial charge in [-0.1, -0.05) is 61.7 Å². The maximum atomic E-state index is 12.6. The number of amides is 1. The Hall–Kier alpha value is -3.14. The van der Waals surface area contributed by atoms with Crippen LogP contribution in [0, 0.1) is 5.92 Å². The fraction of sp³-hybridized carbons (Fsp3) is 0.280. The Morgan fingerprint density at radius 1 is 1.00 bits per heavy atom. The van der Waals surface area contributed by atoms with Crippen LogP contribution in [-0.2, 0) is 11.2 Å². The number of rotatable bonds is 5. The molecule has 3 aromatic rings. The van der Waals surface area contributed by atoms with Gasteiger partial charge in [0.1, 0.15) is 5.75 Å². The van der Waals surface area contributed by atoms with E-state index in [-0.39, 0.29) is 17.6 Å². The normalized spacial score (nSPS) is 14.5. The minimum Gasteiger partial charge on any atom is -0.505 e. The monoisotopic (exact) mass is 386 g/mol. The Morgan fingerprint density at radius 3 is 2.59 bits per heavy atom. The lowest BCUT2D eigenvalue weighted by molar-refractivity contribution is -0.120. The van der Waals surface area contributed by atoms with E-state index in [9.17, 15) is 9.90 Å². The van der Waals surface area contributed by atoms with Gasteiger partial charge >= 0.3 is 0 Å². The summed E-state index contributed by atoms with van der Waals surface area (Å²) < 4.78 is 0. The number of carbonyl (C=O) groups is 1. The molecule has 148 valence electrons. The Bertz CT molecular complexity index is 979. The zero-order valence-electron chi connectivity index (χ0n) is 16.5. The van der Waals surface area contributed by atoms with Gasteiger partial charge in [-0.15, -0.1) is 0 Å². The van der Waals surface area contributed by atoms with Crippen LogP contribution < -0.4 is 5.32 Å². The van der Waals surface area contributed by atoms with E-state index >= 15 is 0 Å². The molecule has 0 radical (unpaired) electrons. The first-order chi connectivity index (χ1) is 14.2. The van der Waals surface area contributed by atoms with E-state index in [1.54, 1.807) is 6.20 Å². The Morgan fingerprint density at radius 2 is 1.79 bits per heavy atom. The number of aromatic nitrogens is 1. The number of anilines is 1. The molecule has 1 aromatic heterocycles. The van der Waals surface area contributed by atoms with Crippen LogP contribution in [0.1, 0.15) is 43.4 Å². The minimum absolute atomic E-state index is 0.102. The summed E-state index contributed by atoms with van der Waals surface area (Å²) in [4.78, 5) is 16.9. The molecule has 4 rings (SSSR count). The van der Waals surface area contributed by atoms with Crippen molar-refractivity contribution in [2.45, 2.75) is 38.5 Å². The molecule has 2 aromatic carbocycles. The molecular weight excluding hydrogens is 360 g/mol. The molecule has 1 aliphatic carbocycles. The Balaban J connectivity index is 1.55. The summed E-state index contributed by atoms with van der Waals surface area (Å²) in [7, 11) is 0. The summed E-state index contributed by atoms with van der Waals surface area (Å²) in [6.07, 6.45) is 7.73. The second kappa shape index (κ2) is 8.91. The van der Waals surface area contributed by atoms with Gasteiger partial charge < -0.3 is 10.4 Å². The highest BCUT2D eigenvalue weighted by molar-refractivity contribution is 5.93. The average molecular weight is 386 g/mol. The molecule has 29 heavy (non-hydrogen) atoms. The van der Waals surface area contributed by atoms with Crippen molar-refractivity contribution in [3.05, 3.63) is 78.1 Å². The third-order valence-electron chi connectivity index (χ3n) is 5.63. The molecule has 0 aliphatic heterocycles. The number of aromatic hydroxyl groups is 1. The van der Waals surface area contributed by atoms with Gasteiger partial charge in [-0.2, -0.15) is 0 Å². The summed E-state index contributed by atoms with van der Waals surface area (Å²) in [6.45, 7) is 0. The largest absolute Gasteiger partial charge is 0.505 e. The van der Waals surface area contributed by atoms with Crippen LogP contribution in [0.2, 0.25) is 0 Å². The molecule has 0 saturated heterocycles. The molecule has 1 fully saturated rings. The predicted octanol–water partition coefficient (Wildman–Crippen LogP) is 5.56. The molecule has 0 unspecified atom stereocenters. The highest BCUT2D eigenvalue weighted by atomic mass is 16.3. The molecule has 0 atom stereocenters. The Kier molecular flexibility index (Phi) is 5.89. The van der Waals surface area contributed by atoms with Gasteiger partial charge in [0.2, 0.25) is 5.91 Å². The summed E-state index contributed by atoms with van der Waals surface area (Å²) in [5.74, 6) is 0.400. The summed E-state index contributed by atoms with van der Waals surface area (Å²) in [5.41, 5.74) is 4.09. The van der Waals surface area contributed by atoms with Crippen LogP contribution in [0.4, 0.5) is 5.69 Å². The third kappa shape index (κ3) is 4.65. The van der Waals surface area contributed by atoms with E-state index in [1.165, 1.54) is 6.42 Å². The van der Waals surface area contributed by atoms with Gasteiger partial charge in [0.05, 0.1) is 5.69 Å². The van der Waals surface area contributed by atoms with Gasteiger partial charge in [-0.05, 0) is 42.2 Å². The molecular formula is C25H26N2O2. The first-order valence-corrected chi connectivity index (χ1v) is 10.3. The van der Waals surface area contributed by atoms with Crippen LogP contribution in [0.3, 0.4) is 0 Å². The van der Waals surface area contributed by atoms with Crippen LogP contribution in [0.25, 0.3) is 11.1 Å². The number of hydrogen-bond donors (Lipinski definition) is 2. The van der Waals surface area contributed by atoms with Crippen molar-refractivity contribution in [3.63, 3.8) is 0 Å². The number of benzene rings is 2. The zero-order valence-corrected chi connectivity index (χ0v) is 16.5. The maximum Gasteiger partial charge on any atom is 0.227 e. The van der Waals surface area contributed by atoms with Crippen molar-refractivity contribution >= 4 is 11.6 Å². The average Bonchev–Trinajstić information content (AvgIpc) is 2.77. The second-order valence-electron chi connectivity index (χ2n) is 7.72. The van der Waals surface area contributed by atoms with Gasteiger partial charge in [0.15, 0.2) is 0 Å². The van der Waals surface area contributed by atoms with Gasteiger partial charge in [0.25, 0.3) is 0 Å². The Labute approximate surface area is 171 Å². The molecule has 4 nitrogen and oxygen atoms in total. The predicted molar refractivity (Wildman–Crippen MR) is 116 cm³/mol. The van der Waals surface area contributed by atoms with Gasteiger partial charge in [-0.25, -0.2) is 0 Å². The molecule has 0 bridgehead atoms. The summed E-state index contributed by atoms with van der Waals surface area (Å²) in [6, 6.07) is 19.5. The van der Waals surface area contributed by atoms with Crippen molar-refractivity contribution in [2.75, 3.05) is 5.32 Å². The number of nitrogens with one attached hydrogen (secondary N) is 1. The van der Waals surface area contributed by atoms with Crippen LogP contribution in [0.15, 0.2) is 66.9 Å². The lowest BCUT2D eigenvalue weighted by Gasteiger charge is -2.21. The lowest BCUT2D eigenvalue weighted by atomic mass is 9.88. The number of carbonyl (C=O) groups excluding carboxylic acids is 1. The van der Waals surface area contributed by atoms with Crippen LogP contribution >= 0.6 is 0 Å². The standard InChI is InChI=1S/C25H26N2O2/c28-24-22(14-15-26-23(24)16-18-8-3-1-4-9-18)20-12-7-13-21(17-20)27-25(29)19-10-5-2-6-11-19/h1,3-4,7-9,12-15,17,19,28H,2,5-6,10-11,16H2,(H,27,29). The van der Waals surface area contributed by atoms with Crippen molar-refractivity contribution in [3.8, 4) is 16.9 Å².